The average Bonchev–Trinajstić information content (AvgIpc) is 2.79. The first-order valence-corrected chi connectivity index (χ1v) is 10.9. The molecule has 2 aromatic carbocycles. The number of hydrogen-bond donors (Lipinski definition) is 1. The maximum absolute atomic E-state index is 14.6. The highest BCUT2D eigenvalue weighted by Gasteiger charge is 2.23. The number of hydrogen-bond acceptors (Lipinski definition) is 6. The number of halogens is 2. The molecule has 1 heterocycles. The first-order chi connectivity index (χ1) is 16.5. The number of nitrogens with one attached hydrogen (secondary N) is 1. The van der Waals surface area contributed by atoms with Gasteiger partial charge in [-0.2, -0.15) is 0 Å². The van der Waals surface area contributed by atoms with Crippen molar-refractivity contribution in [2.24, 2.45) is 0 Å². The lowest BCUT2D eigenvalue weighted by atomic mass is 10.2. The number of amides is 1. The predicted molar refractivity (Wildman–Crippen MR) is 124 cm³/mol. The van der Waals surface area contributed by atoms with Gasteiger partial charge in [0.1, 0.15) is 34.3 Å². The van der Waals surface area contributed by atoms with Gasteiger partial charge in [-0.05, 0) is 70.2 Å². The van der Waals surface area contributed by atoms with Crippen LogP contribution >= 0.6 is 0 Å². The van der Waals surface area contributed by atoms with Gasteiger partial charge in [0.05, 0.1) is 0 Å². The van der Waals surface area contributed by atoms with Crippen molar-refractivity contribution in [3.8, 4) is 17.4 Å². The second-order valence-corrected chi connectivity index (χ2v) is 8.64. The third kappa shape index (κ3) is 7.49. The van der Waals surface area contributed by atoms with Crippen LogP contribution < -0.4 is 14.8 Å². The molecule has 0 bridgehead atoms. The summed E-state index contributed by atoms with van der Waals surface area (Å²) in [6.07, 6.45) is 0.524. The van der Waals surface area contributed by atoms with E-state index in [1.54, 1.807) is 26.8 Å². The Morgan fingerprint density at radius 3 is 2.37 bits per heavy atom. The molecule has 0 spiro atoms. The highest BCUT2D eigenvalue weighted by molar-refractivity contribution is 5.96. The lowest BCUT2D eigenvalue weighted by molar-refractivity contribution is -0.162. The smallest absolute Gasteiger partial charge is 0.347 e. The molecule has 0 fully saturated rings. The molecule has 1 unspecified atom stereocenters. The van der Waals surface area contributed by atoms with Gasteiger partial charge in [-0.15, -0.1) is 0 Å². The number of aromatic nitrogens is 1. The summed E-state index contributed by atoms with van der Waals surface area (Å²) in [7, 11) is 0. The van der Waals surface area contributed by atoms with Crippen LogP contribution in [-0.4, -0.2) is 28.6 Å². The molecule has 9 heteroatoms. The highest BCUT2D eigenvalue weighted by atomic mass is 19.1. The summed E-state index contributed by atoms with van der Waals surface area (Å²) >= 11 is 0. The molecule has 0 aliphatic rings. The number of pyridine rings is 1. The zero-order valence-corrected chi connectivity index (χ0v) is 19.8. The lowest BCUT2D eigenvalue weighted by Gasteiger charge is -2.22. The summed E-state index contributed by atoms with van der Waals surface area (Å²) in [5.74, 6) is -1.66. The van der Waals surface area contributed by atoms with Crippen molar-refractivity contribution in [2.45, 2.75) is 45.9 Å². The topological polar surface area (TPSA) is 86.8 Å². The molecular weight excluding hydrogens is 458 g/mol. The van der Waals surface area contributed by atoms with Crippen molar-refractivity contribution >= 4 is 11.9 Å². The van der Waals surface area contributed by atoms with Gasteiger partial charge in [-0.1, -0.05) is 6.07 Å². The van der Waals surface area contributed by atoms with E-state index >= 15 is 0 Å². The molecule has 3 aromatic rings. The zero-order valence-electron chi connectivity index (χ0n) is 19.8. The van der Waals surface area contributed by atoms with Crippen LogP contribution in [0.15, 0.2) is 60.8 Å². The Labute approximate surface area is 202 Å². The van der Waals surface area contributed by atoms with Gasteiger partial charge < -0.3 is 19.5 Å². The number of benzene rings is 2. The van der Waals surface area contributed by atoms with Gasteiger partial charge >= 0.3 is 5.97 Å². The number of ether oxygens (including phenoxy) is 3. The van der Waals surface area contributed by atoms with E-state index in [0.29, 0.717) is 5.75 Å². The van der Waals surface area contributed by atoms with Crippen molar-refractivity contribution in [2.75, 3.05) is 0 Å². The molecule has 0 saturated heterocycles. The summed E-state index contributed by atoms with van der Waals surface area (Å²) in [6.45, 7) is 6.62. The summed E-state index contributed by atoms with van der Waals surface area (Å²) in [4.78, 5) is 28.8. The second kappa shape index (κ2) is 10.9. The standard InChI is InChI=1S/C26H26F2N2O5/c1-16(25(32)35-26(2,3)4)33-20-10-7-17(22(28)14-20)15-30-23(31)21-6-5-13-29-24(21)34-19-11-8-18(27)9-12-19/h5-14,16H,15H2,1-4H3,(H,30,31). The van der Waals surface area contributed by atoms with Crippen LogP contribution in [0, 0.1) is 11.6 Å². The van der Waals surface area contributed by atoms with E-state index in [4.69, 9.17) is 14.2 Å². The fourth-order valence-corrected chi connectivity index (χ4v) is 2.91. The number of nitrogens with zero attached hydrogens (tertiary/aromatic N) is 1. The number of rotatable bonds is 8. The Hall–Kier alpha value is -4.01. The van der Waals surface area contributed by atoms with Crippen LogP contribution in [0.1, 0.15) is 43.6 Å². The van der Waals surface area contributed by atoms with E-state index in [9.17, 15) is 18.4 Å². The SMILES string of the molecule is CC(Oc1ccc(CNC(=O)c2cccnc2Oc2ccc(F)cc2)c(F)c1)C(=O)OC(C)(C)C. The van der Waals surface area contributed by atoms with Crippen LogP contribution in [0.5, 0.6) is 17.4 Å². The fourth-order valence-electron chi connectivity index (χ4n) is 2.91. The summed E-state index contributed by atoms with van der Waals surface area (Å²) in [5, 5.41) is 2.62. The zero-order chi connectivity index (χ0) is 25.6. The number of carbonyl (C=O) groups excluding carboxylic acids is 2. The van der Waals surface area contributed by atoms with Crippen molar-refractivity contribution in [1.29, 1.82) is 0 Å². The molecule has 1 amide bonds. The molecule has 0 aliphatic carbocycles. The van der Waals surface area contributed by atoms with Gasteiger partial charge in [-0.25, -0.2) is 18.6 Å². The third-order valence-corrected chi connectivity index (χ3v) is 4.56. The van der Waals surface area contributed by atoms with E-state index < -0.39 is 35.2 Å². The van der Waals surface area contributed by atoms with E-state index in [2.05, 4.69) is 10.3 Å². The first-order valence-electron chi connectivity index (χ1n) is 10.9. The quantitative estimate of drug-likeness (QED) is 0.443. The average molecular weight is 484 g/mol. The monoisotopic (exact) mass is 484 g/mol. The fraction of sp³-hybridized carbons (Fsp3) is 0.269. The summed E-state index contributed by atoms with van der Waals surface area (Å²) < 4.78 is 44.1. The maximum Gasteiger partial charge on any atom is 0.347 e. The molecule has 1 aromatic heterocycles. The van der Waals surface area contributed by atoms with E-state index in [1.807, 2.05) is 0 Å². The Balaban J connectivity index is 1.62. The predicted octanol–water partition coefficient (Wildman–Crippen LogP) is 5.19. The first kappa shape index (κ1) is 25.6. The van der Waals surface area contributed by atoms with Crippen LogP contribution in [0.25, 0.3) is 0 Å². The molecule has 3 rings (SSSR count). The second-order valence-electron chi connectivity index (χ2n) is 8.64. The maximum atomic E-state index is 14.6. The van der Waals surface area contributed by atoms with Crippen molar-refractivity contribution < 1.29 is 32.6 Å². The van der Waals surface area contributed by atoms with Crippen LogP contribution in [0.4, 0.5) is 8.78 Å². The molecule has 35 heavy (non-hydrogen) atoms. The number of esters is 1. The lowest BCUT2D eigenvalue weighted by Crippen LogP contribution is -2.33. The molecule has 1 atom stereocenters. The van der Waals surface area contributed by atoms with Crippen LogP contribution in [0.3, 0.4) is 0 Å². The Bertz CT molecular complexity index is 1190. The van der Waals surface area contributed by atoms with Gasteiger partial charge in [0.15, 0.2) is 6.10 Å². The van der Waals surface area contributed by atoms with Crippen molar-refractivity contribution in [1.82, 2.24) is 10.3 Å². The van der Waals surface area contributed by atoms with Crippen LogP contribution in [0.2, 0.25) is 0 Å². The van der Waals surface area contributed by atoms with Gasteiger partial charge in [0.2, 0.25) is 5.88 Å². The van der Waals surface area contributed by atoms with E-state index in [1.165, 1.54) is 55.6 Å². The van der Waals surface area contributed by atoms with Gasteiger partial charge in [0, 0.05) is 24.4 Å². The molecule has 7 nitrogen and oxygen atoms in total. The largest absolute Gasteiger partial charge is 0.479 e. The normalized spacial score (nSPS) is 11.9. The number of carbonyl (C=O) groups is 2. The third-order valence-electron chi connectivity index (χ3n) is 4.56. The van der Waals surface area contributed by atoms with Crippen molar-refractivity contribution in [3.63, 3.8) is 0 Å². The Morgan fingerprint density at radius 2 is 1.71 bits per heavy atom. The molecular formula is C26H26F2N2O5. The van der Waals surface area contributed by atoms with Crippen molar-refractivity contribution in [3.05, 3.63) is 83.6 Å². The van der Waals surface area contributed by atoms with Gasteiger partial charge in [0.25, 0.3) is 5.91 Å². The van der Waals surface area contributed by atoms with E-state index in [0.717, 1.165) is 6.07 Å². The van der Waals surface area contributed by atoms with Gasteiger partial charge in [-0.3, -0.25) is 4.79 Å². The minimum atomic E-state index is -0.927. The summed E-state index contributed by atoms with van der Waals surface area (Å²) in [6, 6.07) is 12.4. The molecule has 184 valence electrons. The minimum Gasteiger partial charge on any atom is -0.479 e. The highest BCUT2D eigenvalue weighted by Crippen LogP contribution is 2.24. The Morgan fingerprint density at radius 1 is 1.03 bits per heavy atom. The Kier molecular flexibility index (Phi) is 8.01. The van der Waals surface area contributed by atoms with Crippen LogP contribution in [-0.2, 0) is 16.1 Å². The summed E-state index contributed by atoms with van der Waals surface area (Å²) in [5.41, 5.74) is -0.330. The molecule has 0 aliphatic heterocycles. The molecule has 0 saturated carbocycles. The van der Waals surface area contributed by atoms with E-state index in [-0.39, 0.29) is 29.3 Å². The molecule has 0 radical (unpaired) electrons. The minimum absolute atomic E-state index is 0.0250. The molecule has 1 N–H and O–H groups in total.